The van der Waals surface area contributed by atoms with Crippen LogP contribution in [0.5, 0.6) is 0 Å². The zero-order chi connectivity index (χ0) is 27.0. The fraction of sp³-hybridized carbons (Fsp3) is 0.357. The third-order valence-electron chi connectivity index (χ3n) is 7.27. The van der Waals surface area contributed by atoms with Gasteiger partial charge in [-0.25, -0.2) is 4.39 Å². The van der Waals surface area contributed by atoms with Gasteiger partial charge in [-0.2, -0.15) is 13.2 Å². The highest BCUT2D eigenvalue weighted by Gasteiger charge is 2.35. The van der Waals surface area contributed by atoms with E-state index in [4.69, 9.17) is 0 Å². The molecule has 2 aliphatic heterocycles. The molecule has 1 fully saturated rings. The molecule has 1 aromatic heterocycles. The van der Waals surface area contributed by atoms with E-state index in [1.165, 1.54) is 29.1 Å². The van der Waals surface area contributed by atoms with Crippen LogP contribution < -0.4 is 0 Å². The fourth-order valence-corrected chi connectivity index (χ4v) is 6.24. The Hall–Kier alpha value is -3.24. The number of rotatable bonds is 4. The van der Waals surface area contributed by atoms with Crippen molar-refractivity contribution in [2.45, 2.75) is 31.6 Å². The molecule has 2 atom stereocenters. The molecule has 0 aliphatic carbocycles. The second-order valence-electron chi connectivity index (χ2n) is 9.74. The number of thiophene rings is 1. The normalized spacial score (nSPS) is 20.3. The third kappa shape index (κ3) is 5.33. The second-order valence-corrected chi connectivity index (χ2v) is 10.7. The number of halogens is 4. The van der Waals surface area contributed by atoms with E-state index in [-0.39, 0.29) is 48.4 Å². The van der Waals surface area contributed by atoms with Gasteiger partial charge in [-0.1, -0.05) is 12.1 Å². The number of fused-ring (bicyclic) bond motifs is 1. The average Bonchev–Trinajstić information content (AvgIpc) is 3.36. The molecule has 0 saturated carbocycles. The number of hydrogen-bond acceptors (Lipinski definition) is 4. The molecule has 10 heteroatoms. The van der Waals surface area contributed by atoms with E-state index in [1.807, 2.05) is 24.4 Å². The topological polar surface area (TPSA) is 43.9 Å². The van der Waals surface area contributed by atoms with E-state index in [2.05, 4.69) is 4.90 Å². The number of hydrogen-bond donors (Lipinski definition) is 0. The van der Waals surface area contributed by atoms with Crippen LogP contribution in [0.2, 0.25) is 0 Å². The molecule has 0 spiro atoms. The Morgan fingerprint density at radius 1 is 1.03 bits per heavy atom. The predicted molar refractivity (Wildman–Crippen MR) is 136 cm³/mol. The minimum atomic E-state index is -4.46. The van der Waals surface area contributed by atoms with Gasteiger partial charge >= 0.3 is 6.18 Å². The van der Waals surface area contributed by atoms with Crippen molar-refractivity contribution in [1.29, 1.82) is 0 Å². The zero-order valence-electron chi connectivity index (χ0n) is 20.7. The maximum Gasteiger partial charge on any atom is 0.416 e. The van der Waals surface area contributed by atoms with Crippen molar-refractivity contribution in [2.75, 3.05) is 32.7 Å². The van der Waals surface area contributed by atoms with Gasteiger partial charge in [0.1, 0.15) is 5.82 Å². The Balaban J connectivity index is 1.25. The summed E-state index contributed by atoms with van der Waals surface area (Å²) in [7, 11) is 0. The summed E-state index contributed by atoms with van der Waals surface area (Å²) in [6, 6.07) is 12.2. The largest absolute Gasteiger partial charge is 0.416 e. The molecule has 38 heavy (non-hydrogen) atoms. The highest BCUT2D eigenvalue weighted by atomic mass is 32.1. The van der Waals surface area contributed by atoms with Crippen LogP contribution in [0.15, 0.2) is 60.0 Å². The van der Waals surface area contributed by atoms with Gasteiger partial charge in [0.2, 0.25) is 5.91 Å². The molecular formula is C28H27F4N3O2S. The van der Waals surface area contributed by atoms with E-state index in [9.17, 15) is 27.2 Å². The van der Waals surface area contributed by atoms with Crippen molar-refractivity contribution in [3.8, 4) is 0 Å². The monoisotopic (exact) mass is 545 g/mol. The van der Waals surface area contributed by atoms with Crippen molar-refractivity contribution < 1.29 is 27.2 Å². The maximum absolute atomic E-state index is 14.1. The summed E-state index contributed by atoms with van der Waals surface area (Å²) < 4.78 is 52.7. The Bertz CT molecular complexity index is 1320. The van der Waals surface area contributed by atoms with Crippen LogP contribution >= 0.6 is 11.3 Å². The lowest BCUT2D eigenvalue weighted by atomic mass is 9.93. The molecule has 3 heterocycles. The Morgan fingerprint density at radius 2 is 1.79 bits per heavy atom. The third-order valence-corrected chi connectivity index (χ3v) is 8.27. The number of carbonyl (C=O) groups is 2. The second kappa shape index (κ2) is 10.5. The Morgan fingerprint density at radius 3 is 2.47 bits per heavy atom. The predicted octanol–water partition coefficient (Wildman–Crippen LogP) is 5.23. The number of benzene rings is 2. The first-order valence-electron chi connectivity index (χ1n) is 12.4. The summed E-state index contributed by atoms with van der Waals surface area (Å²) >= 11 is 1.67. The lowest BCUT2D eigenvalue weighted by molar-refractivity contribution is -0.137. The summed E-state index contributed by atoms with van der Waals surface area (Å²) in [4.78, 5) is 33.0. The van der Waals surface area contributed by atoms with E-state index in [1.54, 1.807) is 27.2 Å². The highest BCUT2D eigenvalue weighted by Crippen LogP contribution is 2.38. The molecule has 0 unspecified atom stereocenters. The first-order chi connectivity index (χ1) is 18.1. The molecule has 5 nitrogen and oxygen atoms in total. The Labute approximate surface area is 222 Å². The summed E-state index contributed by atoms with van der Waals surface area (Å²) in [5, 5.41) is 2.02. The molecule has 200 valence electrons. The standard InChI is InChI=1S/C28H27F4N3O2S/c1-18-16-33(12-13-35(18)27(37)19-5-7-21(8-6-19)28(30,31)32)25(36)17-34-11-9-24-23(10-14-38-24)26(34)20-3-2-4-22(29)15-20/h2-8,10,14-15,18,26H,9,11-13,16-17H2,1H3/t18-,26+/m1/s1. The van der Waals surface area contributed by atoms with Gasteiger partial charge in [-0.15, -0.1) is 11.3 Å². The Kier molecular flexibility index (Phi) is 7.28. The van der Waals surface area contributed by atoms with Crippen LogP contribution in [-0.4, -0.2) is 65.3 Å². The first-order valence-corrected chi connectivity index (χ1v) is 13.3. The SMILES string of the molecule is C[C@@H]1CN(C(=O)CN2CCc3sccc3[C@@H]2c2cccc(F)c2)CCN1C(=O)c1ccc(C(F)(F)F)cc1. The minimum absolute atomic E-state index is 0.0708. The average molecular weight is 546 g/mol. The summed E-state index contributed by atoms with van der Waals surface area (Å²) in [6.45, 7) is 3.60. The van der Waals surface area contributed by atoms with Crippen LogP contribution in [0.25, 0.3) is 0 Å². The summed E-state index contributed by atoms with van der Waals surface area (Å²) in [5.41, 5.74) is 1.28. The zero-order valence-corrected chi connectivity index (χ0v) is 21.6. The van der Waals surface area contributed by atoms with E-state index in [0.29, 0.717) is 19.6 Å². The van der Waals surface area contributed by atoms with Crippen molar-refractivity contribution in [1.82, 2.24) is 14.7 Å². The number of carbonyl (C=O) groups excluding carboxylic acids is 2. The van der Waals surface area contributed by atoms with Crippen LogP contribution in [0.1, 0.15) is 44.9 Å². The van der Waals surface area contributed by atoms with Crippen LogP contribution in [0, 0.1) is 5.82 Å². The lowest BCUT2D eigenvalue weighted by Crippen LogP contribution is -2.57. The smallest absolute Gasteiger partial charge is 0.338 e. The molecule has 2 amide bonds. The van der Waals surface area contributed by atoms with Crippen molar-refractivity contribution in [3.63, 3.8) is 0 Å². The molecule has 2 aromatic carbocycles. The number of amides is 2. The van der Waals surface area contributed by atoms with Gasteiger partial charge < -0.3 is 9.80 Å². The molecule has 2 aliphatic rings. The van der Waals surface area contributed by atoms with Gasteiger partial charge in [0.05, 0.1) is 18.2 Å². The van der Waals surface area contributed by atoms with Gasteiger partial charge in [-0.3, -0.25) is 14.5 Å². The maximum atomic E-state index is 14.1. The summed E-state index contributed by atoms with van der Waals surface area (Å²) in [5.74, 6) is -0.747. The molecule has 3 aromatic rings. The van der Waals surface area contributed by atoms with Crippen molar-refractivity contribution in [3.05, 3.63) is 92.9 Å². The van der Waals surface area contributed by atoms with Gasteiger partial charge in [-0.05, 0) is 72.3 Å². The number of nitrogens with zero attached hydrogens (tertiary/aromatic N) is 3. The van der Waals surface area contributed by atoms with Crippen LogP contribution in [0.4, 0.5) is 17.6 Å². The number of piperazine rings is 1. The van der Waals surface area contributed by atoms with Gasteiger partial charge in [0, 0.05) is 42.7 Å². The minimum Gasteiger partial charge on any atom is -0.338 e. The molecule has 5 rings (SSSR count). The van der Waals surface area contributed by atoms with E-state index < -0.39 is 11.7 Å². The van der Waals surface area contributed by atoms with Gasteiger partial charge in [0.15, 0.2) is 0 Å². The highest BCUT2D eigenvalue weighted by molar-refractivity contribution is 7.10. The molecule has 0 radical (unpaired) electrons. The quantitative estimate of drug-likeness (QED) is 0.422. The lowest BCUT2D eigenvalue weighted by Gasteiger charge is -2.42. The van der Waals surface area contributed by atoms with Crippen LogP contribution in [0.3, 0.4) is 0 Å². The summed E-state index contributed by atoms with van der Waals surface area (Å²) in [6.07, 6.45) is -3.65. The molecule has 1 saturated heterocycles. The molecule has 0 N–H and O–H groups in total. The first kappa shape index (κ1) is 26.4. The van der Waals surface area contributed by atoms with Crippen molar-refractivity contribution >= 4 is 23.2 Å². The molecular weight excluding hydrogens is 518 g/mol. The van der Waals surface area contributed by atoms with E-state index in [0.717, 1.165) is 29.7 Å². The van der Waals surface area contributed by atoms with E-state index >= 15 is 0 Å². The number of alkyl halides is 3. The van der Waals surface area contributed by atoms with Crippen LogP contribution in [-0.2, 0) is 17.4 Å². The van der Waals surface area contributed by atoms with Gasteiger partial charge in [0.25, 0.3) is 5.91 Å². The van der Waals surface area contributed by atoms with Crippen molar-refractivity contribution in [2.24, 2.45) is 0 Å². The fourth-order valence-electron chi connectivity index (χ4n) is 5.33. The molecule has 0 bridgehead atoms.